The zero-order valence-electron chi connectivity index (χ0n) is 18.3. The Kier molecular flexibility index (Phi) is 6.30. The molecule has 164 valence electrons. The molecule has 1 aromatic heterocycles. The number of carbonyl (C=O) groups excluding carboxylic acids is 1. The van der Waals surface area contributed by atoms with Crippen molar-refractivity contribution >= 4 is 16.8 Å². The first-order chi connectivity index (χ1) is 15.0. The third-order valence-corrected chi connectivity index (χ3v) is 6.48. The highest BCUT2D eigenvalue weighted by atomic mass is 16.5. The molecular weight excluding hydrogens is 390 g/mol. The molecule has 0 aliphatic carbocycles. The van der Waals surface area contributed by atoms with Crippen molar-refractivity contribution in [1.82, 2.24) is 9.47 Å². The number of rotatable bonds is 7. The van der Waals surface area contributed by atoms with Gasteiger partial charge in [-0.05, 0) is 61.4 Å². The average molecular weight is 422 g/mol. The average Bonchev–Trinajstić information content (AvgIpc) is 3.21. The maximum absolute atomic E-state index is 11.6. The van der Waals surface area contributed by atoms with E-state index < -0.39 is 12.0 Å². The molecule has 6 nitrogen and oxygen atoms in total. The highest BCUT2D eigenvalue weighted by Crippen LogP contribution is 2.30. The number of aromatic nitrogens is 1. The number of ether oxygens (including phenoxy) is 1. The lowest BCUT2D eigenvalue weighted by molar-refractivity contribution is 0.100. The van der Waals surface area contributed by atoms with E-state index in [0.717, 1.165) is 66.7 Å². The number of hydrogen-bond donors (Lipinski definition) is 2. The van der Waals surface area contributed by atoms with Crippen LogP contribution in [0.4, 0.5) is 0 Å². The highest BCUT2D eigenvalue weighted by molar-refractivity contribution is 5.97. The molecule has 1 amide bonds. The van der Waals surface area contributed by atoms with Crippen LogP contribution in [-0.4, -0.2) is 47.2 Å². The van der Waals surface area contributed by atoms with Gasteiger partial charge in [0.15, 0.2) is 0 Å². The maximum Gasteiger partial charge on any atom is 0.248 e. The highest BCUT2D eigenvalue weighted by Gasteiger charge is 2.22. The van der Waals surface area contributed by atoms with Gasteiger partial charge in [0, 0.05) is 48.5 Å². The molecule has 1 aliphatic heterocycles. The molecule has 0 radical (unpaired) electrons. The fraction of sp³-hybridized carbons (Fsp3) is 0.400. The topological polar surface area (TPSA) is 80.7 Å². The van der Waals surface area contributed by atoms with E-state index in [9.17, 15) is 9.90 Å². The first kappa shape index (κ1) is 21.4. The summed E-state index contributed by atoms with van der Waals surface area (Å²) in [5.41, 5.74) is 9.14. The van der Waals surface area contributed by atoms with Gasteiger partial charge >= 0.3 is 0 Å². The van der Waals surface area contributed by atoms with Gasteiger partial charge < -0.3 is 25.0 Å². The van der Waals surface area contributed by atoms with Crippen molar-refractivity contribution < 1.29 is 14.6 Å². The van der Waals surface area contributed by atoms with Gasteiger partial charge in [0.05, 0.1) is 13.2 Å². The van der Waals surface area contributed by atoms with Gasteiger partial charge in [0.25, 0.3) is 0 Å². The molecule has 6 heteroatoms. The summed E-state index contributed by atoms with van der Waals surface area (Å²) in [6, 6.07) is 14.1. The minimum atomic E-state index is -0.511. The van der Waals surface area contributed by atoms with E-state index >= 15 is 0 Å². The van der Waals surface area contributed by atoms with Gasteiger partial charge in [-0.1, -0.05) is 18.2 Å². The zero-order valence-corrected chi connectivity index (χ0v) is 18.3. The summed E-state index contributed by atoms with van der Waals surface area (Å²) >= 11 is 0. The molecule has 1 atom stereocenters. The number of aliphatic hydroxyl groups is 1. The second-order valence-electron chi connectivity index (χ2n) is 8.39. The Morgan fingerprint density at radius 3 is 2.68 bits per heavy atom. The van der Waals surface area contributed by atoms with Crippen LogP contribution in [0.15, 0.2) is 48.7 Å². The number of primary amides is 1. The van der Waals surface area contributed by atoms with Gasteiger partial charge in [-0.3, -0.25) is 4.79 Å². The molecular formula is C25H31N3O3. The van der Waals surface area contributed by atoms with Crippen LogP contribution >= 0.6 is 0 Å². The number of piperidine rings is 1. The lowest BCUT2D eigenvalue weighted by Gasteiger charge is -2.33. The molecule has 0 bridgehead atoms. The second-order valence-corrected chi connectivity index (χ2v) is 8.39. The Balaban J connectivity index is 1.42. The van der Waals surface area contributed by atoms with E-state index in [1.165, 1.54) is 0 Å². The maximum atomic E-state index is 11.6. The fourth-order valence-corrected chi connectivity index (χ4v) is 4.74. The number of fused-ring (bicyclic) bond motifs is 1. The van der Waals surface area contributed by atoms with Gasteiger partial charge in [-0.2, -0.15) is 0 Å². The van der Waals surface area contributed by atoms with E-state index in [-0.39, 0.29) is 0 Å². The van der Waals surface area contributed by atoms with Gasteiger partial charge in [0.1, 0.15) is 5.75 Å². The van der Waals surface area contributed by atoms with Crippen LogP contribution in [0, 0.1) is 0 Å². The smallest absolute Gasteiger partial charge is 0.248 e. The number of aliphatic hydroxyl groups excluding tert-OH is 1. The summed E-state index contributed by atoms with van der Waals surface area (Å²) < 4.78 is 7.84. The fourth-order valence-electron chi connectivity index (χ4n) is 4.74. The second kappa shape index (κ2) is 9.12. The number of nitrogens with two attached hydrogens (primary N) is 1. The summed E-state index contributed by atoms with van der Waals surface area (Å²) in [6.07, 6.45) is 4.57. The number of nitrogens with zero attached hydrogens (tertiary/aromatic N) is 2. The first-order valence-corrected chi connectivity index (χ1v) is 10.9. The van der Waals surface area contributed by atoms with Gasteiger partial charge in [-0.15, -0.1) is 0 Å². The molecule has 2 heterocycles. The van der Waals surface area contributed by atoms with Crippen molar-refractivity contribution in [1.29, 1.82) is 0 Å². The Morgan fingerprint density at radius 1 is 1.23 bits per heavy atom. The minimum Gasteiger partial charge on any atom is -0.496 e. The van der Waals surface area contributed by atoms with Gasteiger partial charge in [-0.25, -0.2) is 0 Å². The van der Waals surface area contributed by atoms with Crippen LogP contribution in [0.2, 0.25) is 0 Å². The van der Waals surface area contributed by atoms with Crippen LogP contribution in [0.1, 0.15) is 53.4 Å². The first-order valence-electron chi connectivity index (χ1n) is 10.9. The number of benzene rings is 2. The molecule has 2 aromatic carbocycles. The zero-order chi connectivity index (χ0) is 22.0. The number of carbonyl (C=O) groups is 1. The molecule has 4 rings (SSSR count). The quantitative estimate of drug-likeness (QED) is 0.610. The van der Waals surface area contributed by atoms with Crippen LogP contribution in [0.25, 0.3) is 10.9 Å². The van der Waals surface area contributed by atoms with Crippen molar-refractivity contribution in [2.45, 2.75) is 38.3 Å². The van der Waals surface area contributed by atoms with E-state index in [4.69, 9.17) is 10.5 Å². The van der Waals surface area contributed by atoms with Gasteiger partial charge in [0.2, 0.25) is 5.91 Å². The largest absolute Gasteiger partial charge is 0.496 e. The monoisotopic (exact) mass is 421 g/mol. The Morgan fingerprint density at radius 2 is 2.00 bits per heavy atom. The van der Waals surface area contributed by atoms with E-state index in [1.54, 1.807) is 20.1 Å². The number of hydrogen-bond acceptors (Lipinski definition) is 4. The van der Waals surface area contributed by atoms with Crippen molar-refractivity contribution in [3.05, 3.63) is 65.4 Å². The predicted molar refractivity (Wildman–Crippen MR) is 122 cm³/mol. The van der Waals surface area contributed by atoms with Crippen molar-refractivity contribution in [3.63, 3.8) is 0 Å². The third-order valence-electron chi connectivity index (χ3n) is 6.48. The molecule has 1 fully saturated rings. The molecule has 1 saturated heterocycles. The summed E-state index contributed by atoms with van der Waals surface area (Å²) in [5.74, 6) is 0.453. The lowest BCUT2D eigenvalue weighted by Crippen LogP contribution is -2.36. The van der Waals surface area contributed by atoms with E-state index in [2.05, 4.69) is 21.7 Å². The SMILES string of the molecule is COc1cccc(C(C)O)c1CCN1CCC(n2ccc3ccc(C(N)=O)cc32)CC1. The number of amides is 1. The Labute approximate surface area is 183 Å². The van der Waals surface area contributed by atoms with Crippen LogP contribution < -0.4 is 10.5 Å². The van der Waals surface area contributed by atoms with Crippen LogP contribution in [-0.2, 0) is 6.42 Å². The normalized spacial score (nSPS) is 16.5. The van der Waals surface area contributed by atoms with E-state index in [1.807, 2.05) is 30.3 Å². The molecule has 1 unspecified atom stereocenters. The Bertz CT molecular complexity index is 1070. The molecule has 3 N–H and O–H groups in total. The molecule has 0 spiro atoms. The van der Waals surface area contributed by atoms with Crippen molar-refractivity contribution in [2.24, 2.45) is 5.73 Å². The summed E-state index contributed by atoms with van der Waals surface area (Å²) in [5, 5.41) is 11.3. The standard InChI is InChI=1S/C25H31N3O3/c1-17(29)21-4-3-5-24(31-2)22(21)11-14-27-12-9-20(10-13-27)28-15-8-18-6-7-19(25(26)30)16-23(18)28/h3-8,15-17,20,29H,9-14H2,1-2H3,(H2,26,30). The van der Waals surface area contributed by atoms with Crippen molar-refractivity contribution in [3.8, 4) is 5.75 Å². The summed E-state index contributed by atoms with van der Waals surface area (Å²) in [6.45, 7) is 4.76. The molecule has 0 saturated carbocycles. The van der Waals surface area contributed by atoms with Crippen LogP contribution in [0.5, 0.6) is 5.75 Å². The summed E-state index contributed by atoms with van der Waals surface area (Å²) in [4.78, 5) is 14.1. The minimum absolute atomic E-state index is 0.391. The molecule has 1 aliphatic rings. The van der Waals surface area contributed by atoms with Crippen molar-refractivity contribution in [2.75, 3.05) is 26.7 Å². The van der Waals surface area contributed by atoms with E-state index in [0.29, 0.717) is 11.6 Å². The lowest BCUT2D eigenvalue weighted by atomic mass is 9.98. The number of methoxy groups -OCH3 is 1. The third kappa shape index (κ3) is 4.45. The van der Waals surface area contributed by atoms with Crippen LogP contribution in [0.3, 0.4) is 0 Å². The molecule has 31 heavy (non-hydrogen) atoms. The number of likely N-dealkylation sites (tertiary alicyclic amines) is 1. The Hall–Kier alpha value is -2.83. The predicted octanol–water partition coefficient (Wildman–Crippen LogP) is 3.68. The summed E-state index contributed by atoms with van der Waals surface area (Å²) in [7, 11) is 1.68. The molecule has 3 aromatic rings.